The lowest BCUT2D eigenvalue weighted by atomic mass is 10.4. The minimum Gasteiger partial charge on any atom is -0.363 e. The van der Waals surface area contributed by atoms with E-state index >= 15 is 0 Å². The summed E-state index contributed by atoms with van der Waals surface area (Å²) >= 11 is 0. The Morgan fingerprint density at radius 1 is 1.21 bits per heavy atom. The lowest BCUT2D eigenvalue weighted by Crippen LogP contribution is -2.26. The van der Waals surface area contributed by atoms with Crippen LogP contribution in [0.1, 0.15) is 5.56 Å². The topological polar surface area (TPSA) is 109 Å². The van der Waals surface area contributed by atoms with Crippen molar-refractivity contribution in [2.45, 2.75) is 6.92 Å². The third-order valence-corrected chi connectivity index (χ3v) is 1.84. The average molecular weight is 220 g/mol. The van der Waals surface area contributed by atoms with Gasteiger partial charge in [-0.05, 0) is 6.92 Å². The molecule has 7 nitrogen and oxygen atoms in total. The molecular weight excluding hydrogens is 212 g/mol. The highest BCUT2D eigenvalue weighted by Gasteiger charge is 2.10. The van der Waals surface area contributed by atoms with Gasteiger partial charge in [0.1, 0.15) is 0 Å². The van der Waals surface area contributed by atoms with Crippen LogP contribution in [0.4, 0.5) is 0 Å². The van der Waals surface area contributed by atoms with Crippen molar-refractivity contribution in [1.29, 1.82) is 0 Å². The number of rotatable bonds is 2. The maximum absolute atomic E-state index is 11.0. The average Bonchev–Trinajstić information content (AvgIpc) is 1.96. The molecule has 0 atom stereocenters. The highest BCUT2D eigenvalue weighted by atomic mass is 32.2. The van der Waals surface area contributed by atoms with Crippen LogP contribution >= 0.6 is 0 Å². The first-order chi connectivity index (χ1) is 6.29. The van der Waals surface area contributed by atoms with E-state index in [1.165, 1.54) is 6.92 Å². The molecule has 0 aliphatic heterocycles. The molecule has 0 saturated heterocycles. The molecule has 2 N–H and O–H groups in total. The summed E-state index contributed by atoms with van der Waals surface area (Å²) in [5.41, 5.74) is -1.51. The monoisotopic (exact) mass is 220 g/mol. The second-order valence-electron chi connectivity index (χ2n) is 2.65. The first kappa shape index (κ1) is 10.5. The van der Waals surface area contributed by atoms with E-state index in [-0.39, 0.29) is 11.4 Å². The molecule has 0 aliphatic carbocycles. The van der Waals surface area contributed by atoms with Crippen molar-refractivity contribution in [1.82, 2.24) is 9.97 Å². The summed E-state index contributed by atoms with van der Waals surface area (Å²) in [5, 5.41) is 0. The van der Waals surface area contributed by atoms with Gasteiger partial charge in [0.15, 0.2) is 0 Å². The Morgan fingerprint density at radius 3 is 2.29 bits per heavy atom. The van der Waals surface area contributed by atoms with Crippen LogP contribution in [-0.4, -0.2) is 24.6 Å². The van der Waals surface area contributed by atoms with Gasteiger partial charge in [-0.15, -0.1) is 0 Å². The molecule has 0 radical (unpaired) electrons. The van der Waals surface area contributed by atoms with Crippen molar-refractivity contribution in [3.8, 4) is 5.88 Å². The van der Waals surface area contributed by atoms with E-state index in [2.05, 4.69) is 9.17 Å². The van der Waals surface area contributed by atoms with E-state index in [1.54, 1.807) is 0 Å². The van der Waals surface area contributed by atoms with Crippen molar-refractivity contribution in [2.24, 2.45) is 0 Å². The van der Waals surface area contributed by atoms with Crippen molar-refractivity contribution >= 4 is 10.1 Å². The second kappa shape index (κ2) is 3.29. The summed E-state index contributed by atoms with van der Waals surface area (Å²) in [6, 6.07) is 0. The van der Waals surface area contributed by atoms with E-state index in [1.807, 2.05) is 4.98 Å². The zero-order valence-corrected chi connectivity index (χ0v) is 8.27. The number of hydrogen-bond acceptors (Lipinski definition) is 5. The van der Waals surface area contributed by atoms with E-state index in [0.717, 1.165) is 6.26 Å². The summed E-state index contributed by atoms with van der Waals surface area (Å²) in [4.78, 5) is 25.7. The number of aromatic nitrogens is 2. The van der Waals surface area contributed by atoms with Gasteiger partial charge < -0.3 is 4.18 Å². The molecule has 1 aromatic heterocycles. The summed E-state index contributed by atoms with van der Waals surface area (Å²) < 4.78 is 25.8. The summed E-state index contributed by atoms with van der Waals surface area (Å²) in [7, 11) is -3.76. The number of aromatic amines is 2. The first-order valence-corrected chi connectivity index (χ1v) is 5.34. The Kier molecular flexibility index (Phi) is 2.47. The van der Waals surface area contributed by atoms with Gasteiger partial charge in [-0.1, -0.05) is 0 Å². The first-order valence-electron chi connectivity index (χ1n) is 3.52. The third-order valence-electron chi connectivity index (χ3n) is 1.37. The molecule has 14 heavy (non-hydrogen) atoms. The zero-order chi connectivity index (χ0) is 10.9. The highest BCUT2D eigenvalue weighted by Crippen LogP contribution is 2.07. The molecule has 0 spiro atoms. The Hall–Kier alpha value is -1.57. The number of nitrogens with one attached hydrogen (secondary N) is 2. The van der Waals surface area contributed by atoms with Crippen molar-refractivity contribution in [3.05, 3.63) is 26.4 Å². The molecule has 0 unspecified atom stereocenters. The minimum atomic E-state index is -3.76. The summed E-state index contributed by atoms with van der Waals surface area (Å²) in [5.74, 6) is -0.360. The Balaban J connectivity index is 3.36. The predicted octanol–water partition coefficient (Wildman–Crippen LogP) is -1.29. The molecule has 0 saturated carbocycles. The Bertz CT molecular complexity index is 552. The second-order valence-corrected chi connectivity index (χ2v) is 4.22. The van der Waals surface area contributed by atoms with Crippen molar-refractivity contribution in [3.63, 3.8) is 0 Å². The van der Waals surface area contributed by atoms with E-state index in [0.29, 0.717) is 0 Å². The summed E-state index contributed by atoms with van der Waals surface area (Å²) in [6.07, 6.45) is 0.811. The fourth-order valence-corrected chi connectivity index (χ4v) is 1.23. The van der Waals surface area contributed by atoms with Gasteiger partial charge in [0.2, 0.25) is 5.88 Å². The molecule has 1 aromatic rings. The van der Waals surface area contributed by atoms with Gasteiger partial charge in [0, 0.05) is 0 Å². The molecule has 0 bridgehead atoms. The normalized spacial score (nSPS) is 11.3. The highest BCUT2D eigenvalue weighted by molar-refractivity contribution is 7.86. The maximum atomic E-state index is 11.0. The fourth-order valence-electron chi connectivity index (χ4n) is 0.763. The fraction of sp³-hybridized carbons (Fsp3) is 0.333. The van der Waals surface area contributed by atoms with Crippen LogP contribution in [-0.2, 0) is 10.1 Å². The quantitative estimate of drug-likeness (QED) is 0.603. The summed E-state index contributed by atoms with van der Waals surface area (Å²) in [6.45, 7) is 1.33. The van der Waals surface area contributed by atoms with Gasteiger partial charge in [-0.2, -0.15) is 8.42 Å². The van der Waals surface area contributed by atoms with Crippen molar-refractivity contribution in [2.75, 3.05) is 6.26 Å². The van der Waals surface area contributed by atoms with Crippen LogP contribution in [0, 0.1) is 6.92 Å². The molecule has 0 aromatic carbocycles. The largest absolute Gasteiger partial charge is 0.363 e. The molecule has 8 heteroatoms. The molecule has 0 amide bonds. The SMILES string of the molecule is Cc1c(OS(C)(=O)=O)[nH]c(=O)[nH]c1=O. The number of H-pyrrole nitrogens is 2. The zero-order valence-electron chi connectivity index (χ0n) is 7.45. The molecule has 0 fully saturated rings. The van der Waals surface area contributed by atoms with Gasteiger partial charge in [0.25, 0.3) is 5.56 Å². The molecule has 1 rings (SSSR count). The van der Waals surface area contributed by atoms with Gasteiger partial charge in [0.05, 0.1) is 11.8 Å². The molecular formula is C6H8N2O5S. The van der Waals surface area contributed by atoms with Crippen LogP contribution in [0.2, 0.25) is 0 Å². The van der Waals surface area contributed by atoms with E-state index < -0.39 is 21.4 Å². The van der Waals surface area contributed by atoms with Crippen LogP contribution < -0.4 is 15.4 Å². The maximum Gasteiger partial charge on any atom is 0.328 e. The predicted molar refractivity (Wildman–Crippen MR) is 47.9 cm³/mol. The van der Waals surface area contributed by atoms with Crippen LogP contribution in [0.25, 0.3) is 0 Å². The van der Waals surface area contributed by atoms with E-state index in [4.69, 9.17) is 0 Å². The van der Waals surface area contributed by atoms with Crippen molar-refractivity contribution < 1.29 is 12.6 Å². The Morgan fingerprint density at radius 2 is 1.79 bits per heavy atom. The van der Waals surface area contributed by atoms with E-state index in [9.17, 15) is 18.0 Å². The van der Waals surface area contributed by atoms with Crippen LogP contribution in [0.5, 0.6) is 5.88 Å². The van der Waals surface area contributed by atoms with Gasteiger partial charge >= 0.3 is 15.8 Å². The smallest absolute Gasteiger partial charge is 0.328 e. The minimum absolute atomic E-state index is 0.00461. The lowest BCUT2D eigenvalue weighted by molar-refractivity contribution is 0.477. The van der Waals surface area contributed by atoms with Crippen LogP contribution in [0.3, 0.4) is 0 Å². The molecule has 78 valence electrons. The van der Waals surface area contributed by atoms with Gasteiger partial charge in [-0.3, -0.25) is 14.8 Å². The van der Waals surface area contributed by atoms with Gasteiger partial charge in [-0.25, -0.2) is 4.79 Å². The standard InChI is InChI=1S/C6H8N2O5S/c1-3-4(9)7-6(10)8-5(3)13-14(2,11)12/h1-2H3,(H2,7,8,9,10). The Labute approximate surface area is 78.9 Å². The van der Waals surface area contributed by atoms with Crippen LogP contribution in [0.15, 0.2) is 9.59 Å². The molecule has 1 heterocycles. The molecule has 0 aliphatic rings. The lowest BCUT2D eigenvalue weighted by Gasteiger charge is -2.03. The number of hydrogen-bond donors (Lipinski definition) is 2. The third kappa shape index (κ3) is 2.46.